The van der Waals surface area contributed by atoms with E-state index >= 15 is 0 Å². The molecule has 0 fully saturated rings. The quantitative estimate of drug-likeness (QED) is 0.806. The number of amides is 1. The minimum absolute atomic E-state index is 0.0393. The van der Waals surface area contributed by atoms with Crippen molar-refractivity contribution in [3.05, 3.63) is 34.4 Å². The molecule has 0 heterocycles. The van der Waals surface area contributed by atoms with Crippen molar-refractivity contribution in [3.63, 3.8) is 0 Å². The number of benzene rings is 1. The summed E-state index contributed by atoms with van der Waals surface area (Å²) >= 11 is 0. The van der Waals surface area contributed by atoms with Gasteiger partial charge in [0.05, 0.1) is 0 Å². The molecule has 82 valence electrons. The van der Waals surface area contributed by atoms with E-state index in [0.717, 1.165) is 13.0 Å². The van der Waals surface area contributed by atoms with Gasteiger partial charge in [-0.3, -0.25) is 4.79 Å². The minimum Gasteiger partial charge on any atom is -0.356 e. The first-order valence-electron chi connectivity index (χ1n) is 5.32. The fourth-order valence-electron chi connectivity index (χ4n) is 1.97. The van der Waals surface area contributed by atoms with Gasteiger partial charge in [0.15, 0.2) is 0 Å². The van der Waals surface area contributed by atoms with Crippen LogP contribution in [0, 0.1) is 20.8 Å². The average Bonchev–Trinajstić information content (AvgIpc) is 2.08. The van der Waals surface area contributed by atoms with E-state index in [1.54, 1.807) is 6.92 Å². The number of nitrogens with one attached hydrogen (secondary N) is 1. The number of rotatable bonds is 3. The first-order valence-corrected chi connectivity index (χ1v) is 5.32. The maximum atomic E-state index is 10.7. The number of hydrogen-bond acceptors (Lipinski definition) is 1. The Labute approximate surface area is 91.7 Å². The lowest BCUT2D eigenvalue weighted by Crippen LogP contribution is -2.22. The molecule has 0 aliphatic rings. The second kappa shape index (κ2) is 4.96. The van der Waals surface area contributed by atoms with Crippen LogP contribution >= 0.6 is 0 Å². The van der Waals surface area contributed by atoms with Crippen molar-refractivity contribution in [2.24, 2.45) is 0 Å². The van der Waals surface area contributed by atoms with E-state index in [9.17, 15) is 4.79 Å². The molecule has 15 heavy (non-hydrogen) atoms. The Morgan fingerprint density at radius 1 is 1.20 bits per heavy atom. The third kappa shape index (κ3) is 3.39. The summed E-state index contributed by atoms with van der Waals surface area (Å²) in [6.07, 6.45) is 0.914. The summed E-state index contributed by atoms with van der Waals surface area (Å²) < 4.78 is 0. The Hall–Kier alpha value is -1.31. The SMILES string of the molecule is CC(=O)NCCc1c(C)cc(C)cc1C. The maximum absolute atomic E-state index is 10.7. The van der Waals surface area contributed by atoms with Gasteiger partial charge in [0.25, 0.3) is 0 Å². The molecule has 1 rings (SSSR count). The Balaban J connectivity index is 2.72. The predicted octanol–water partition coefficient (Wildman–Crippen LogP) is 2.29. The molecule has 0 spiro atoms. The third-order valence-electron chi connectivity index (χ3n) is 2.59. The standard InChI is InChI=1S/C13H19NO/c1-9-7-10(2)13(11(3)8-9)5-6-14-12(4)15/h7-8H,5-6H2,1-4H3,(H,14,15). The van der Waals surface area contributed by atoms with Gasteiger partial charge in [0, 0.05) is 13.5 Å². The number of aryl methyl sites for hydroxylation is 3. The van der Waals surface area contributed by atoms with Crippen LogP contribution in [-0.2, 0) is 11.2 Å². The first-order chi connectivity index (χ1) is 7.00. The molecule has 2 heteroatoms. The van der Waals surface area contributed by atoms with E-state index in [-0.39, 0.29) is 5.91 Å². The smallest absolute Gasteiger partial charge is 0.216 e. The Bertz CT molecular complexity index is 346. The Morgan fingerprint density at radius 3 is 2.20 bits per heavy atom. The van der Waals surface area contributed by atoms with Crippen LogP contribution < -0.4 is 5.32 Å². The summed E-state index contributed by atoms with van der Waals surface area (Å²) in [7, 11) is 0. The first kappa shape index (κ1) is 11.8. The van der Waals surface area contributed by atoms with Crippen LogP contribution in [0.15, 0.2) is 12.1 Å². The van der Waals surface area contributed by atoms with Crippen LogP contribution in [0.4, 0.5) is 0 Å². The summed E-state index contributed by atoms with van der Waals surface area (Å²) in [6.45, 7) is 8.64. The second-order valence-electron chi connectivity index (χ2n) is 4.11. The molecule has 1 amide bonds. The average molecular weight is 205 g/mol. The van der Waals surface area contributed by atoms with E-state index in [1.807, 2.05) is 0 Å². The maximum Gasteiger partial charge on any atom is 0.216 e. The van der Waals surface area contributed by atoms with Crippen LogP contribution in [0.2, 0.25) is 0 Å². The highest BCUT2D eigenvalue weighted by atomic mass is 16.1. The zero-order valence-corrected chi connectivity index (χ0v) is 9.98. The molecular formula is C13H19NO. The van der Waals surface area contributed by atoms with Crippen LogP contribution in [-0.4, -0.2) is 12.5 Å². The van der Waals surface area contributed by atoms with E-state index in [4.69, 9.17) is 0 Å². The van der Waals surface area contributed by atoms with Crippen molar-refractivity contribution in [2.75, 3.05) is 6.54 Å². The minimum atomic E-state index is 0.0393. The van der Waals surface area contributed by atoms with Gasteiger partial charge >= 0.3 is 0 Å². The molecule has 1 aromatic rings. The van der Waals surface area contributed by atoms with Gasteiger partial charge in [0.2, 0.25) is 5.91 Å². The van der Waals surface area contributed by atoms with Gasteiger partial charge in [-0.25, -0.2) is 0 Å². The van der Waals surface area contributed by atoms with Gasteiger partial charge in [0.1, 0.15) is 0 Å². The zero-order valence-electron chi connectivity index (χ0n) is 9.98. The summed E-state index contributed by atoms with van der Waals surface area (Å²) in [5.41, 5.74) is 5.29. The molecule has 0 unspecified atom stereocenters. The molecule has 0 aliphatic heterocycles. The molecule has 1 aromatic carbocycles. The van der Waals surface area contributed by atoms with Crippen LogP contribution in [0.3, 0.4) is 0 Å². The molecule has 0 atom stereocenters. The molecule has 0 radical (unpaired) electrons. The molecular weight excluding hydrogens is 186 g/mol. The lowest BCUT2D eigenvalue weighted by molar-refractivity contribution is -0.118. The van der Waals surface area contributed by atoms with Crippen molar-refractivity contribution in [3.8, 4) is 0 Å². The van der Waals surface area contributed by atoms with Gasteiger partial charge in [-0.15, -0.1) is 0 Å². The molecule has 0 aromatic heterocycles. The topological polar surface area (TPSA) is 29.1 Å². The number of hydrogen-bond donors (Lipinski definition) is 1. The van der Waals surface area contributed by atoms with E-state index in [2.05, 4.69) is 38.2 Å². The van der Waals surface area contributed by atoms with Gasteiger partial charge in [-0.1, -0.05) is 17.7 Å². The Kier molecular flexibility index (Phi) is 3.89. The van der Waals surface area contributed by atoms with Crippen molar-refractivity contribution in [2.45, 2.75) is 34.1 Å². The monoisotopic (exact) mass is 205 g/mol. The molecule has 1 N–H and O–H groups in total. The van der Waals surface area contributed by atoms with Crippen molar-refractivity contribution in [1.29, 1.82) is 0 Å². The summed E-state index contributed by atoms with van der Waals surface area (Å²) in [4.78, 5) is 10.7. The third-order valence-corrected chi connectivity index (χ3v) is 2.59. The van der Waals surface area contributed by atoms with Crippen molar-refractivity contribution in [1.82, 2.24) is 5.32 Å². The summed E-state index contributed by atoms with van der Waals surface area (Å²) in [5, 5.41) is 2.82. The highest BCUT2D eigenvalue weighted by molar-refractivity contribution is 5.72. The van der Waals surface area contributed by atoms with Gasteiger partial charge in [-0.2, -0.15) is 0 Å². The van der Waals surface area contributed by atoms with Crippen molar-refractivity contribution < 1.29 is 4.79 Å². The normalized spacial score (nSPS) is 10.1. The fraction of sp³-hybridized carbons (Fsp3) is 0.462. The van der Waals surface area contributed by atoms with E-state index in [0.29, 0.717) is 0 Å². The molecule has 0 aliphatic carbocycles. The van der Waals surface area contributed by atoms with Crippen LogP contribution in [0.1, 0.15) is 29.2 Å². The van der Waals surface area contributed by atoms with Crippen LogP contribution in [0.5, 0.6) is 0 Å². The predicted molar refractivity (Wildman–Crippen MR) is 63.0 cm³/mol. The van der Waals surface area contributed by atoms with Gasteiger partial charge < -0.3 is 5.32 Å². The lowest BCUT2D eigenvalue weighted by atomic mass is 9.97. The second-order valence-corrected chi connectivity index (χ2v) is 4.11. The largest absolute Gasteiger partial charge is 0.356 e. The van der Waals surface area contributed by atoms with Gasteiger partial charge in [-0.05, 0) is 43.9 Å². The zero-order chi connectivity index (χ0) is 11.4. The molecule has 0 saturated carbocycles. The van der Waals surface area contributed by atoms with E-state index in [1.165, 1.54) is 22.3 Å². The van der Waals surface area contributed by atoms with Crippen molar-refractivity contribution >= 4 is 5.91 Å². The molecule has 2 nitrogen and oxygen atoms in total. The highest BCUT2D eigenvalue weighted by Crippen LogP contribution is 2.16. The molecule has 0 saturated heterocycles. The van der Waals surface area contributed by atoms with Crippen LogP contribution in [0.25, 0.3) is 0 Å². The number of carbonyl (C=O) groups is 1. The summed E-state index contributed by atoms with van der Waals surface area (Å²) in [5.74, 6) is 0.0393. The highest BCUT2D eigenvalue weighted by Gasteiger charge is 2.03. The molecule has 0 bridgehead atoms. The lowest BCUT2D eigenvalue weighted by Gasteiger charge is -2.11. The van der Waals surface area contributed by atoms with E-state index < -0.39 is 0 Å². The Morgan fingerprint density at radius 2 is 1.73 bits per heavy atom. The fourth-order valence-corrected chi connectivity index (χ4v) is 1.97. The number of carbonyl (C=O) groups excluding carboxylic acids is 1. The summed E-state index contributed by atoms with van der Waals surface area (Å²) in [6, 6.07) is 4.38.